The number of nitrogens with one attached hydrogen (secondary N) is 1. The third-order valence-electron chi connectivity index (χ3n) is 5.55. The minimum absolute atomic E-state index is 0.249. The minimum Gasteiger partial charge on any atom is -0.493 e. The molecule has 0 spiro atoms. The number of methoxy groups -OCH3 is 1. The number of hydrogen-bond donors (Lipinski definition) is 1. The average Bonchev–Trinajstić information content (AvgIpc) is 2.93. The zero-order valence-electron chi connectivity index (χ0n) is 20.9. The molecule has 192 valence electrons. The summed E-state index contributed by atoms with van der Waals surface area (Å²) >= 11 is 5.92. The molecule has 6 nitrogen and oxygen atoms in total. The SMILES string of the molecule is COc1cc(/C=C/C(=O)Oc2ccc(C(=O)Nc3ccc(C)cc3)cc2)ccc1OCc1ccc(Cl)cc1. The largest absolute Gasteiger partial charge is 0.493 e. The van der Waals surface area contributed by atoms with Crippen molar-refractivity contribution in [3.8, 4) is 17.2 Å². The van der Waals surface area contributed by atoms with Crippen LogP contribution >= 0.6 is 11.6 Å². The third-order valence-corrected chi connectivity index (χ3v) is 5.80. The molecule has 0 aliphatic heterocycles. The molecule has 0 aromatic heterocycles. The van der Waals surface area contributed by atoms with Gasteiger partial charge in [0.1, 0.15) is 12.4 Å². The van der Waals surface area contributed by atoms with Gasteiger partial charge in [0.25, 0.3) is 5.91 Å². The molecule has 0 saturated carbocycles. The topological polar surface area (TPSA) is 73.9 Å². The second kappa shape index (κ2) is 12.6. The van der Waals surface area contributed by atoms with Crippen molar-refractivity contribution in [3.63, 3.8) is 0 Å². The number of ether oxygens (including phenoxy) is 3. The predicted molar refractivity (Wildman–Crippen MR) is 149 cm³/mol. The monoisotopic (exact) mass is 527 g/mol. The molecule has 0 radical (unpaired) electrons. The molecule has 4 rings (SSSR count). The first kappa shape index (κ1) is 26.5. The molecule has 0 heterocycles. The number of hydrogen-bond acceptors (Lipinski definition) is 5. The Bertz CT molecular complexity index is 1430. The van der Waals surface area contributed by atoms with E-state index in [1.54, 1.807) is 49.6 Å². The van der Waals surface area contributed by atoms with Gasteiger partial charge in [-0.3, -0.25) is 4.79 Å². The molecule has 0 saturated heterocycles. The first-order valence-corrected chi connectivity index (χ1v) is 12.2. The summed E-state index contributed by atoms with van der Waals surface area (Å²) in [7, 11) is 1.55. The van der Waals surface area contributed by atoms with Gasteiger partial charge in [-0.15, -0.1) is 0 Å². The summed E-state index contributed by atoms with van der Waals surface area (Å²) in [6, 6.07) is 26.6. The Morgan fingerprint density at radius 2 is 1.58 bits per heavy atom. The van der Waals surface area contributed by atoms with Gasteiger partial charge in [-0.05, 0) is 84.8 Å². The van der Waals surface area contributed by atoms with Crippen molar-refractivity contribution in [2.75, 3.05) is 12.4 Å². The maximum Gasteiger partial charge on any atom is 0.336 e. The van der Waals surface area contributed by atoms with Gasteiger partial charge in [0.2, 0.25) is 0 Å². The number of amides is 1. The van der Waals surface area contributed by atoms with E-state index in [4.69, 9.17) is 25.8 Å². The van der Waals surface area contributed by atoms with Crippen molar-refractivity contribution < 1.29 is 23.8 Å². The van der Waals surface area contributed by atoms with Gasteiger partial charge in [0.05, 0.1) is 7.11 Å². The van der Waals surface area contributed by atoms with Crippen molar-refractivity contribution in [3.05, 3.63) is 124 Å². The second-order valence-corrected chi connectivity index (χ2v) is 8.86. The first-order valence-electron chi connectivity index (χ1n) is 11.8. The van der Waals surface area contributed by atoms with Gasteiger partial charge in [-0.2, -0.15) is 0 Å². The normalized spacial score (nSPS) is 10.7. The van der Waals surface area contributed by atoms with E-state index in [9.17, 15) is 9.59 Å². The lowest BCUT2D eigenvalue weighted by Crippen LogP contribution is -2.12. The number of halogens is 1. The van der Waals surface area contributed by atoms with Crippen LogP contribution < -0.4 is 19.5 Å². The smallest absolute Gasteiger partial charge is 0.336 e. The molecule has 0 unspecified atom stereocenters. The lowest BCUT2D eigenvalue weighted by atomic mass is 10.2. The fourth-order valence-electron chi connectivity index (χ4n) is 3.48. The molecule has 1 N–H and O–H groups in total. The van der Waals surface area contributed by atoms with E-state index in [2.05, 4.69) is 5.32 Å². The third kappa shape index (κ3) is 7.48. The van der Waals surface area contributed by atoms with E-state index in [1.165, 1.54) is 6.08 Å². The lowest BCUT2D eigenvalue weighted by molar-refractivity contribution is -0.128. The van der Waals surface area contributed by atoms with Crippen LogP contribution in [0.15, 0.2) is 97.1 Å². The molecule has 0 aliphatic rings. The average molecular weight is 528 g/mol. The highest BCUT2D eigenvalue weighted by Crippen LogP contribution is 2.29. The highest BCUT2D eigenvalue weighted by Gasteiger charge is 2.09. The van der Waals surface area contributed by atoms with Crippen molar-refractivity contribution in [2.24, 2.45) is 0 Å². The van der Waals surface area contributed by atoms with Crippen LogP contribution in [0.25, 0.3) is 6.08 Å². The van der Waals surface area contributed by atoms with Crippen LogP contribution in [0.2, 0.25) is 5.02 Å². The Morgan fingerprint density at radius 1 is 0.868 bits per heavy atom. The molecule has 0 bridgehead atoms. The van der Waals surface area contributed by atoms with Crippen LogP contribution in [0.3, 0.4) is 0 Å². The van der Waals surface area contributed by atoms with Crippen molar-refractivity contribution >= 4 is 35.2 Å². The second-order valence-electron chi connectivity index (χ2n) is 8.42. The van der Waals surface area contributed by atoms with Gasteiger partial charge in [-0.25, -0.2) is 4.79 Å². The Morgan fingerprint density at radius 3 is 2.26 bits per heavy atom. The Kier molecular flexibility index (Phi) is 8.80. The predicted octanol–water partition coefficient (Wildman–Crippen LogP) is 7.11. The van der Waals surface area contributed by atoms with Crippen LogP contribution in [-0.4, -0.2) is 19.0 Å². The summed E-state index contributed by atoms with van der Waals surface area (Å²) in [6.45, 7) is 2.34. The zero-order valence-corrected chi connectivity index (χ0v) is 21.7. The van der Waals surface area contributed by atoms with E-state index < -0.39 is 5.97 Å². The Balaban J connectivity index is 1.31. The maximum absolute atomic E-state index is 12.4. The number of aryl methyl sites for hydroxylation is 1. The van der Waals surface area contributed by atoms with Gasteiger partial charge in [0, 0.05) is 22.3 Å². The summed E-state index contributed by atoms with van der Waals surface area (Å²) in [5.74, 6) is 0.641. The number of carbonyl (C=O) groups is 2. The molecule has 4 aromatic rings. The summed E-state index contributed by atoms with van der Waals surface area (Å²) in [5, 5.41) is 3.50. The van der Waals surface area contributed by atoms with Crippen LogP contribution in [0.4, 0.5) is 5.69 Å². The highest BCUT2D eigenvalue weighted by atomic mass is 35.5. The molecular formula is C31H26ClNO5. The maximum atomic E-state index is 12.4. The van der Waals surface area contributed by atoms with Crippen LogP contribution in [-0.2, 0) is 11.4 Å². The van der Waals surface area contributed by atoms with Crippen molar-refractivity contribution in [2.45, 2.75) is 13.5 Å². The van der Waals surface area contributed by atoms with Gasteiger partial charge >= 0.3 is 5.97 Å². The fourth-order valence-corrected chi connectivity index (χ4v) is 3.60. The van der Waals surface area contributed by atoms with Gasteiger partial charge < -0.3 is 19.5 Å². The van der Waals surface area contributed by atoms with E-state index >= 15 is 0 Å². The molecule has 7 heteroatoms. The Labute approximate surface area is 226 Å². The number of anilines is 1. The number of carbonyl (C=O) groups excluding carboxylic acids is 2. The summed E-state index contributed by atoms with van der Waals surface area (Å²) in [5.41, 5.74) is 3.98. The standard InChI is InChI=1S/C31H26ClNO5/c1-21-3-13-26(14-4-21)33-31(35)24-9-15-27(16-10-24)38-30(34)18-8-22-7-17-28(29(19-22)36-2)37-20-23-5-11-25(32)12-6-23/h3-19H,20H2,1-2H3,(H,33,35)/b18-8+. The number of benzene rings is 4. The number of esters is 1. The molecule has 38 heavy (non-hydrogen) atoms. The molecular weight excluding hydrogens is 502 g/mol. The van der Waals surface area contributed by atoms with E-state index in [0.717, 1.165) is 16.7 Å². The zero-order chi connectivity index (χ0) is 26.9. The molecule has 1 amide bonds. The molecule has 0 aliphatic carbocycles. The molecule has 4 aromatic carbocycles. The summed E-state index contributed by atoms with van der Waals surface area (Å²) in [4.78, 5) is 24.8. The summed E-state index contributed by atoms with van der Waals surface area (Å²) < 4.78 is 16.7. The molecule has 0 fully saturated rings. The van der Waals surface area contributed by atoms with Crippen LogP contribution in [0, 0.1) is 6.92 Å². The Hall–Kier alpha value is -4.55. The minimum atomic E-state index is -0.552. The van der Waals surface area contributed by atoms with Crippen LogP contribution in [0.5, 0.6) is 17.2 Å². The van der Waals surface area contributed by atoms with E-state index in [-0.39, 0.29) is 5.91 Å². The highest BCUT2D eigenvalue weighted by molar-refractivity contribution is 6.30. The number of rotatable bonds is 9. The van der Waals surface area contributed by atoms with Gasteiger partial charge in [-0.1, -0.05) is 47.5 Å². The van der Waals surface area contributed by atoms with E-state index in [1.807, 2.05) is 61.5 Å². The lowest BCUT2D eigenvalue weighted by Gasteiger charge is -2.11. The van der Waals surface area contributed by atoms with Crippen molar-refractivity contribution in [1.82, 2.24) is 0 Å². The van der Waals surface area contributed by atoms with Crippen LogP contribution in [0.1, 0.15) is 27.0 Å². The first-order chi connectivity index (χ1) is 18.4. The molecule has 0 atom stereocenters. The quantitative estimate of drug-likeness (QED) is 0.143. The van der Waals surface area contributed by atoms with Gasteiger partial charge in [0.15, 0.2) is 11.5 Å². The summed E-state index contributed by atoms with van der Waals surface area (Å²) in [6.07, 6.45) is 2.94. The van der Waals surface area contributed by atoms with Crippen molar-refractivity contribution in [1.29, 1.82) is 0 Å². The van der Waals surface area contributed by atoms with E-state index in [0.29, 0.717) is 40.1 Å². The fraction of sp³-hybridized carbons (Fsp3) is 0.0968.